The number of halogens is 1. The van der Waals surface area contributed by atoms with Gasteiger partial charge < -0.3 is 4.98 Å². The quantitative estimate of drug-likeness (QED) is 0.705. The van der Waals surface area contributed by atoms with Crippen molar-refractivity contribution in [3.63, 3.8) is 0 Å². The number of rotatable bonds is 5. The Morgan fingerprint density at radius 2 is 1.83 bits per heavy atom. The molecule has 2 rings (SSSR count). The maximum atomic E-state index is 3.72. The van der Waals surface area contributed by atoms with Crippen LogP contribution in [0.5, 0.6) is 0 Å². The topological polar surface area (TPSA) is 15.8 Å². The van der Waals surface area contributed by atoms with Crippen molar-refractivity contribution in [2.75, 3.05) is 0 Å². The number of aryl methyl sites for hydroxylation is 1. The van der Waals surface area contributed by atoms with E-state index in [9.17, 15) is 0 Å². The average Bonchev–Trinajstić information content (AvgIpc) is 2.64. The molecule has 0 radical (unpaired) electrons. The van der Waals surface area contributed by atoms with E-state index in [4.69, 9.17) is 0 Å². The van der Waals surface area contributed by atoms with Gasteiger partial charge in [-0.1, -0.05) is 38.8 Å². The summed E-state index contributed by atoms with van der Waals surface area (Å²) >= 11 is 3.72. The van der Waals surface area contributed by atoms with Crippen LogP contribution in [0.1, 0.15) is 56.6 Å². The summed E-state index contributed by atoms with van der Waals surface area (Å²) in [6, 6.07) is 6.71. The minimum Gasteiger partial charge on any atom is -0.349 e. The lowest BCUT2D eigenvalue weighted by Gasteiger charge is -2.15. The van der Waals surface area contributed by atoms with E-state index in [0.717, 1.165) is 0 Å². The Balaban J connectivity index is 2.50. The van der Waals surface area contributed by atoms with Gasteiger partial charge in [0.2, 0.25) is 0 Å². The van der Waals surface area contributed by atoms with Crippen molar-refractivity contribution in [3.05, 3.63) is 33.9 Å². The fraction of sp³-hybridized carbons (Fsp3) is 0.500. The zero-order chi connectivity index (χ0) is 13.1. The number of aromatic amines is 1. The Labute approximate surface area is 118 Å². The standard InChI is InChI=1S/C16H22BrN/c1-4-6-12(7-5-2)15-13-9-8-11(3)10-14(13)18-16(15)17/h8-10,12,18H,4-7H2,1-3H3. The van der Waals surface area contributed by atoms with Gasteiger partial charge in [-0.3, -0.25) is 0 Å². The molecule has 1 N–H and O–H groups in total. The Kier molecular flexibility index (Phi) is 4.50. The maximum absolute atomic E-state index is 3.72. The first-order valence-electron chi connectivity index (χ1n) is 6.95. The Morgan fingerprint density at radius 3 is 2.44 bits per heavy atom. The predicted molar refractivity (Wildman–Crippen MR) is 83.3 cm³/mol. The van der Waals surface area contributed by atoms with Gasteiger partial charge in [0.25, 0.3) is 0 Å². The van der Waals surface area contributed by atoms with Crippen LogP contribution in [0, 0.1) is 6.92 Å². The molecule has 0 unspecified atom stereocenters. The molecule has 0 fully saturated rings. The van der Waals surface area contributed by atoms with Gasteiger partial charge in [-0.2, -0.15) is 0 Å². The Hall–Kier alpha value is -0.760. The van der Waals surface area contributed by atoms with E-state index >= 15 is 0 Å². The van der Waals surface area contributed by atoms with E-state index in [-0.39, 0.29) is 0 Å². The summed E-state index contributed by atoms with van der Waals surface area (Å²) < 4.78 is 1.18. The number of hydrogen-bond donors (Lipinski definition) is 1. The second kappa shape index (κ2) is 5.92. The lowest BCUT2D eigenvalue weighted by Crippen LogP contribution is -1.98. The molecule has 2 heteroatoms. The van der Waals surface area contributed by atoms with Crippen molar-refractivity contribution in [3.8, 4) is 0 Å². The lowest BCUT2D eigenvalue weighted by atomic mass is 9.90. The SMILES string of the molecule is CCCC(CCC)c1c(Br)[nH]c2cc(C)ccc12. The van der Waals surface area contributed by atoms with Gasteiger partial charge in [-0.25, -0.2) is 0 Å². The van der Waals surface area contributed by atoms with Crippen molar-refractivity contribution >= 4 is 26.8 Å². The van der Waals surface area contributed by atoms with Gasteiger partial charge in [0.05, 0.1) is 4.60 Å². The van der Waals surface area contributed by atoms with Gasteiger partial charge in [-0.15, -0.1) is 0 Å². The van der Waals surface area contributed by atoms with Crippen LogP contribution in [0.15, 0.2) is 22.8 Å². The summed E-state index contributed by atoms with van der Waals surface area (Å²) in [6.07, 6.45) is 5.03. The molecule has 0 bridgehead atoms. The molecule has 2 aromatic rings. The number of fused-ring (bicyclic) bond motifs is 1. The third-order valence-electron chi connectivity index (χ3n) is 3.63. The zero-order valence-corrected chi connectivity index (χ0v) is 13.1. The van der Waals surface area contributed by atoms with Crippen LogP contribution in [0.2, 0.25) is 0 Å². The van der Waals surface area contributed by atoms with E-state index < -0.39 is 0 Å². The van der Waals surface area contributed by atoms with Crippen LogP contribution in [-0.2, 0) is 0 Å². The smallest absolute Gasteiger partial charge is 0.0866 e. The molecule has 18 heavy (non-hydrogen) atoms. The summed E-state index contributed by atoms with van der Waals surface area (Å²) in [6.45, 7) is 6.69. The lowest BCUT2D eigenvalue weighted by molar-refractivity contribution is 0.562. The van der Waals surface area contributed by atoms with Crippen molar-refractivity contribution in [2.24, 2.45) is 0 Å². The molecular formula is C16H22BrN. The van der Waals surface area contributed by atoms with Crippen molar-refractivity contribution in [2.45, 2.75) is 52.4 Å². The largest absolute Gasteiger partial charge is 0.349 e. The van der Waals surface area contributed by atoms with E-state index in [1.165, 1.54) is 52.3 Å². The normalized spacial score (nSPS) is 11.6. The first-order valence-corrected chi connectivity index (χ1v) is 7.74. The molecule has 0 aliphatic heterocycles. The average molecular weight is 308 g/mol. The zero-order valence-electron chi connectivity index (χ0n) is 11.5. The number of nitrogens with one attached hydrogen (secondary N) is 1. The first kappa shape index (κ1) is 13.7. The fourth-order valence-electron chi connectivity index (χ4n) is 2.83. The molecule has 98 valence electrons. The molecule has 0 aliphatic rings. The fourth-order valence-corrected chi connectivity index (χ4v) is 3.58. The summed E-state index contributed by atoms with van der Waals surface area (Å²) in [5.74, 6) is 0.672. The van der Waals surface area contributed by atoms with Crippen LogP contribution in [0.25, 0.3) is 10.9 Å². The summed E-state index contributed by atoms with van der Waals surface area (Å²) in [5, 5.41) is 1.39. The van der Waals surface area contributed by atoms with Crippen LogP contribution < -0.4 is 0 Å². The minimum atomic E-state index is 0.672. The van der Waals surface area contributed by atoms with Gasteiger partial charge in [-0.05, 0) is 58.8 Å². The highest BCUT2D eigenvalue weighted by molar-refractivity contribution is 9.10. The number of H-pyrrole nitrogens is 1. The molecule has 0 atom stereocenters. The predicted octanol–water partition coefficient (Wildman–Crippen LogP) is 5.92. The monoisotopic (exact) mass is 307 g/mol. The van der Waals surface area contributed by atoms with Crippen molar-refractivity contribution in [1.29, 1.82) is 0 Å². The summed E-state index contributed by atoms with van der Waals surface area (Å²) in [7, 11) is 0. The first-order chi connectivity index (χ1) is 8.67. The van der Waals surface area contributed by atoms with E-state index in [1.54, 1.807) is 0 Å². The third kappa shape index (κ3) is 2.64. The van der Waals surface area contributed by atoms with Gasteiger partial charge in [0.1, 0.15) is 0 Å². The Morgan fingerprint density at radius 1 is 1.17 bits per heavy atom. The minimum absolute atomic E-state index is 0.672. The van der Waals surface area contributed by atoms with Crippen molar-refractivity contribution < 1.29 is 0 Å². The molecule has 1 heterocycles. The second-order valence-corrected chi connectivity index (χ2v) is 5.97. The number of hydrogen-bond acceptors (Lipinski definition) is 0. The molecule has 1 aromatic heterocycles. The molecular weight excluding hydrogens is 286 g/mol. The molecule has 0 saturated heterocycles. The summed E-state index contributed by atoms with van der Waals surface area (Å²) in [5.41, 5.74) is 4.05. The highest BCUT2D eigenvalue weighted by Gasteiger charge is 2.18. The van der Waals surface area contributed by atoms with E-state index in [1.807, 2.05) is 0 Å². The Bertz CT molecular complexity index is 521. The number of benzene rings is 1. The number of aromatic nitrogens is 1. The van der Waals surface area contributed by atoms with Crippen LogP contribution >= 0.6 is 15.9 Å². The molecule has 0 spiro atoms. The maximum Gasteiger partial charge on any atom is 0.0866 e. The van der Waals surface area contributed by atoms with Crippen LogP contribution in [0.3, 0.4) is 0 Å². The van der Waals surface area contributed by atoms with Gasteiger partial charge >= 0.3 is 0 Å². The molecule has 0 amide bonds. The summed E-state index contributed by atoms with van der Waals surface area (Å²) in [4.78, 5) is 3.48. The van der Waals surface area contributed by atoms with E-state index in [2.05, 4.69) is 59.9 Å². The van der Waals surface area contributed by atoms with E-state index in [0.29, 0.717) is 5.92 Å². The highest BCUT2D eigenvalue weighted by Crippen LogP contribution is 2.37. The third-order valence-corrected chi connectivity index (χ3v) is 4.25. The molecule has 1 nitrogen and oxygen atoms in total. The molecule has 0 aliphatic carbocycles. The van der Waals surface area contributed by atoms with Crippen molar-refractivity contribution in [1.82, 2.24) is 4.98 Å². The van der Waals surface area contributed by atoms with Crippen LogP contribution in [-0.4, -0.2) is 4.98 Å². The second-order valence-electron chi connectivity index (χ2n) is 5.18. The molecule has 1 aromatic carbocycles. The van der Waals surface area contributed by atoms with Gasteiger partial charge in [0.15, 0.2) is 0 Å². The molecule has 0 saturated carbocycles. The highest BCUT2D eigenvalue weighted by atomic mass is 79.9. The van der Waals surface area contributed by atoms with Crippen LogP contribution in [0.4, 0.5) is 0 Å². The van der Waals surface area contributed by atoms with Gasteiger partial charge in [0, 0.05) is 10.9 Å².